The van der Waals surface area contributed by atoms with Crippen LogP contribution in [0, 0.1) is 6.92 Å². The Hall–Kier alpha value is -1.98. The topological polar surface area (TPSA) is 49.3 Å². The number of anilines is 1. The number of rotatable bonds is 5. The Bertz CT molecular complexity index is 842. The van der Waals surface area contributed by atoms with Gasteiger partial charge in [-0.2, -0.15) is 0 Å². The number of aryl methyl sites for hydroxylation is 1. The number of nitrogens with zero attached hydrogens (tertiary/aromatic N) is 4. The molecule has 0 amide bonds. The third-order valence-electron chi connectivity index (χ3n) is 5.79. The van der Waals surface area contributed by atoms with Gasteiger partial charge in [-0.1, -0.05) is 23.7 Å². The maximum absolute atomic E-state index is 12.8. The summed E-state index contributed by atoms with van der Waals surface area (Å²) in [6, 6.07) is 9.90. The summed E-state index contributed by atoms with van der Waals surface area (Å²) in [5.41, 5.74) is 2.23. The minimum atomic E-state index is 0.000898. The second-order valence-electron chi connectivity index (χ2n) is 7.89. The number of hydrogen-bond acceptors (Lipinski definition) is 5. The fourth-order valence-electron chi connectivity index (χ4n) is 4.30. The minimum Gasteiger partial charge on any atom is -0.341 e. The molecule has 1 aromatic heterocycles. The van der Waals surface area contributed by atoms with Crippen LogP contribution in [0.4, 0.5) is 5.95 Å². The highest BCUT2D eigenvalue weighted by Crippen LogP contribution is 2.24. The largest absolute Gasteiger partial charge is 0.341 e. The lowest BCUT2D eigenvalue weighted by Gasteiger charge is -2.36. The van der Waals surface area contributed by atoms with Crippen LogP contribution in [0.3, 0.4) is 0 Å². The molecule has 3 heterocycles. The molecule has 0 radical (unpaired) electrons. The first-order valence-electron chi connectivity index (χ1n) is 10.2. The molecule has 148 valence electrons. The van der Waals surface area contributed by atoms with Crippen molar-refractivity contribution in [2.45, 2.75) is 45.1 Å². The van der Waals surface area contributed by atoms with Gasteiger partial charge in [-0.25, -0.2) is 9.97 Å². The third-order valence-corrected chi connectivity index (χ3v) is 6.02. The Morgan fingerprint density at radius 3 is 2.57 bits per heavy atom. The molecule has 0 aliphatic carbocycles. The Morgan fingerprint density at radius 1 is 1.11 bits per heavy atom. The SMILES string of the molecule is Cc1cc(C(=O)Cc2cccc(Cl)c2)nc(N2CCC(N3CCCC3)CC2)n1. The van der Waals surface area contributed by atoms with E-state index >= 15 is 0 Å². The van der Waals surface area contributed by atoms with Gasteiger partial charge in [-0.15, -0.1) is 0 Å². The van der Waals surface area contributed by atoms with Crippen LogP contribution in [0.5, 0.6) is 0 Å². The van der Waals surface area contributed by atoms with Crippen LogP contribution >= 0.6 is 11.6 Å². The van der Waals surface area contributed by atoms with Crippen molar-refractivity contribution < 1.29 is 4.79 Å². The number of benzene rings is 1. The zero-order valence-corrected chi connectivity index (χ0v) is 17.2. The van der Waals surface area contributed by atoms with Crippen LogP contribution < -0.4 is 4.90 Å². The van der Waals surface area contributed by atoms with Crippen LogP contribution in [0.2, 0.25) is 5.02 Å². The number of aromatic nitrogens is 2. The van der Waals surface area contributed by atoms with E-state index in [0.717, 1.165) is 37.2 Å². The average Bonchev–Trinajstić information content (AvgIpc) is 3.22. The average molecular weight is 399 g/mol. The number of ketones is 1. The van der Waals surface area contributed by atoms with Crippen LogP contribution in [0.25, 0.3) is 0 Å². The van der Waals surface area contributed by atoms with Crippen molar-refractivity contribution in [2.24, 2.45) is 0 Å². The molecule has 4 rings (SSSR count). The molecule has 5 nitrogen and oxygen atoms in total. The van der Waals surface area contributed by atoms with E-state index in [0.29, 0.717) is 29.1 Å². The number of halogens is 1. The number of piperidine rings is 1. The first kappa shape index (κ1) is 19.3. The van der Waals surface area contributed by atoms with Crippen LogP contribution in [0.15, 0.2) is 30.3 Å². The zero-order chi connectivity index (χ0) is 19.5. The lowest BCUT2D eigenvalue weighted by Crippen LogP contribution is -2.44. The van der Waals surface area contributed by atoms with Gasteiger partial charge in [-0.3, -0.25) is 4.79 Å². The minimum absolute atomic E-state index is 0.000898. The van der Waals surface area contributed by atoms with E-state index in [1.165, 1.54) is 25.9 Å². The Labute approximate surface area is 171 Å². The van der Waals surface area contributed by atoms with Crippen molar-refractivity contribution in [3.8, 4) is 0 Å². The number of likely N-dealkylation sites (tertiary alicyclic amines) is 1. The number of carbonyl (C=O) groups excluding carboxylic acids is 1. The fraction of sp³-hybridized carbons (Fsp3) is 0.500. The van der Waals surface area contributed by atoms with Crippen molar-refractivity contribution in [2.75, 3.05) is 31.1 Å². The molecular formula is C22H27ClN4O. The molecule has 0 N–H and O–H groups in total. The summed E-state index contributed by atoms with van der Waals surface area (Å²) in [4.78, 5) is 26.9. The van der Waals surface area contributed by atoms with Gasteiger partial charge in [0.05, 0.1) is 0 Å². The van der Waals surface area contributed by atoms with E-state index in [9.17, 15) is 4.79 Å². The van der Waals surface area contributed by atoms with Crippen LogP contribution in [0.1, 0.15) is 47.4 Å². The quantitative estimate of drug-likeness (QED) is 0.714. The van der Waals surface area contributed by atoms with Crippen LogP contribution in [-0.2, 0) is 6.42 Å². The molecule has 2 aromatic rings. The Balaban J connectivity index is 1.44. The molecule has 2 aliphatic heterocycles. The second kappa shape index (κ2) is 8.58. The van der Waals surface area contributed by atoms with Gasteiger partial charge in [-0.05, 0) is 69.5 Å². The molecule has 2 saturated heterocycles. The van der Waals surface area contributed by atoms with Gasteiger partial charge in [0.1, 0.15) is 5.69 Å². The predicted octanol–water partition coefficient (Wildman–Crippen LogP) is 3.93. The molecule has 0 saturated carbocycles. The van der Waals surface area contributed by atoms with E-state index in [1.807, 2.05) is 31.2 Å². The molecule has 0 unspecified atom stereocenters. The zero-order valence-electron chi connectivity index (χ0n) is 16.4. The highest BCUT2D eigenvalue weighted by atomic mass is 35.5. The maximum Gasteiger partial charge on any atom is 0.226 e. The monoisotopic (exact) mass is 398 g/mol. The summed E-state index contributed by atoms with van der Waals surface area (Å²) in [6.07, 6.45) is 5.25. The maximum atomic E-state index is 12.8. The Kier molecular flexibility index (Phi) is 5.93. The number of hydrogen-bond donors (Lipinski definition) is 0. The summed E-state index contributed by atoms with van der Waals surface area (Å²) in [5.74, 6) is 0.690. The molecule has 0 spiro atoms. The van der Waals surface area contributed by atoms with Gasteiger partial charge in [0.25, 0.3) is 0 Å². The summed E-state index contributed by atoms with van der Waals surface area (Å²) in [7, 11) is 0. The molecular weight excluding hydrogens is 372 g/mol. The standard InChI is InChI=1S/C22H27ClN4O/c1-16-13-20(21(28)15-17-5-4-6-18(23)14-17)25-22(24-16)27-11-7-19(8-12-27)26-9-2-3-10-26/h4-6,13-14,19H,2-3,7-12,15H2,1H3. The fourth-order valence-corrected chi connectivity index (χ4v) is 4.51. The van der Waals surface area contributed by atoms with Crippen molar-refractivity contribution >= 4 is 23.3 Å². The second-order valence-corrected chi connectivity index (χ2v) is 8.32. The van der Waals surface area contributed by atoms with E-state index in [4.69, 9.17) is 11.6 Å². The molecule has 0 atom stereocenters. The first-order valence-corrected chi connectivity index (χ1v) is 10.6. The number of carbonyl (C=O) groups is 1. The Morgan fingerprint density at radius 2 is 1.86 bits per heavy atom. The summed E-state index contributed by atoms with van der Waals surface area (Å²) in [6.45, 7) is 6.32. The summed E-state index contributed by atoms with van der Waals surface area (Å²) < 4.78 is 0. The smallest absolute Gasteiger partial charge is 0.226 e. The van der Waals surface area contributed by atoms with Gasteiger partial charge in [0.2, 0.25) is 5.95 Å². The predicted molar refractivity (Wildman–Crippen MR) is 112 cm³/mol. The van der Waals surface area contributed by atoms with Crippen LogP contribution in [-0.4, -0.2) is 52.9 Å². The molecule has 2 aliphatic rings. The van der Waals surface area contributed by atoms with E-state index in [1.54, 1.807) is 6.07 Å². The molecule has 1 aromatic carbocycles. The molecule has 28 heavy (non-hydrogen) atoms. The highest BCUT2D eigenvalue weighted by Gasteiger charge is 2.27. The molecule has 0 bridgehead atoms. The van der Waals surface area contributed by atoms with E-state index in [2.05, 4.69) is 19.8 Å². The summed E-state index contributed by atoms with van der Waals surface area (Å²) >= 11 is 6.04. The molecule has 2 fully saturated rings. The van der Waals surface area contributed by atoms with Crippen molar-refractivity contribution in [3.63, 3.8) is 0 Å². The highest BCUT2D eigenvalue weighted by molar-refractivity contribution is 6.30. The normalized spacial score (nSPS) is 18.6. The lowest BCUT2D eigenvalue weighted by molar-refractivity contribution is 0.0988. The molecule has 6 heteroatoms. The van der Waals surface area contributed by atoms with Gasteiger partial charge >= 0.3 is 0 Å². The third kappa shape index (κ3) is 4.53. The van der Waals surface area contributed by atoms with Gasteiger partial charge in [0, 0.05) is 36.3 Å². The summed E-state index contributed by atoms with van der Waals surface area (Å²) in [5, 5.41) is 0.644. The van der Waals surface area contributed by atoms with E-state index < -0.39 is 0 Å². The first-order chi connectivity index (χ1) is 13.6. The number of Topliss-reactive ketones (excluding diaryl/α,β-unsaturated/α-hetero) is 1. The van der Waals surface area contributed by atoms with Crippen molar-refractivity contribution in [1.29, 1.82) is 0 Å². The van der Waals surface area contributed by atoms with Crippen molar-refractivity contribution in [1.82, 2.24) is 14.9 Å². The van der Waals surface area contributed by atoms with Gasteiger partial charge in [0.15, 0.2) is 5.78 Å². The lowest BCUT2D eigenvalue weighted by atomic mass is 10.0. The van der Waals surface area contributed by atoms with Crippen molar-refractivity contribution in [3.05, 3.63) is 52.3 Å². The van der Waals surface area contributed by atoms with E-state index in [-0.39, 0.29) is 5.78 Å². The van der Waals surface area contributed by atoms with Gasteiger partial charge < -0.3 is 9.80 Å².